The van der Waals surface area contributed by atoms with E-state index in [9.17, 15) is 0 Å². The summed E-state index contributed by atoms with van der Waals surface area (Å²) in [6, 6.07) is 59.8. The van der Waals surface area contributed by atoms with E-state index in [1.54, 1.807) is 22.3 Å². The Hall–Kier alpha value is -5.40. The minimum absolute atomic E-state index is 0.129. The largest absolute Gasteiger partial charge is 0.310 e. The van der Waals surface area contributed by atoms with Crippen molar-refractivity contribution >= 4 is 27.8 Å². The SMILES string of the molecule is c1ccc2c(c1)-c1cc(N(c3ccc(-c4ccc5ccccc5c4)cc3)c3ccc4c(c3)C3(c5ccccc5-4)C4CC5CC(C4)CC3C5)ccc1C21C2CC3CC(C2)CC1C3. The molecule has 2 spiro atoms. The lowest BCUT2D eigenvalue weighted by atomic mass is 9.43. The Morgan fingerprint density at radius 3 is 1.41 bits per heavy atom. The summed E-state index contributed by atoms with van der Waals surface area (Å²) in [4.78, 5) is 2.63. The standard InChI is InChI=1S/C60H53N/c1-2-8-42-33-43(14-13-40(42)7-1)41-15-17-48(18-16-41)61(49-20-22-57-54(34-49)52-10-4-6-12-56(52)59(57)44-25-36-23-37(27-44)28-45(59)26-36)50-19-21-53-51-9-3-5-11-55(51)60(58(53)35-50)46-29-38-24-39(31-46)32-47(60)30-38/h1-22,33-39,44-47H,23-32H2. The molecule has 0 unspecified atom stereocenters. The zero-order valence-electron chi connectivity index (χ0n) is 35.1. The van der Waals surface area contributed by atoms with E-state index in [2.05, 4.69) is 157 Å². The van der Waals surface area contributed by atoms with Gasteiger partial charge in [-0.1, -0.05) is 109 Å². The van der Waals surface area contributed by atoms with Crippen LogP contribution in [0.15, 0.2) is 152 Å². The van der Waals surface area contributed by atoms with Gasteiger partial charge in [-0.25, -0.2) is 0 Å². The minimum atomic E-state index is 0.129. The maximum atomic E-state index is 2.69. The van der Waals surface area contributed by atoms with Gasteiger partial charge >= 0.3 is 0 Å². The molecule has 1 heteroatoms. The highest BCUT2D eigenvalue weighted by atomic mass is 15.1. The summed E-state index contributed by atoms with van der Waals surface area (Å²) in [6.45, 7) is 0. The summed E-state index contributed by atoms with van der Waals surface area (Å²) in [7, 11) is 0. The maximum absolute atomic E-state index is 2.69. The first-order valence-corrected chi connectivity index (χ1v) is 24.0. The van der Waals surface area contributed by atoms with Gasteiger partial charge < -0.3 is 4.90 Å². The molecule has 0 radical (unpaired) electrons. The molecule has 10 aliphatic rings. The number of fused-ring (bicyclic) bond motifs is 7. The molecule has 61 heavy (non-hydrogen) atoms. The van der Waals surface area contributed by atoms with Gasteiger partial charge in [-0.2, -0.15) is 0 Å². The second-order valence-electron chi connectivity index (χ2n) is 21.3. The van der Waals surface area contributed by atoms with Crippen LogP contribution >= 0.6 is 0 Å². The van der Waals surface area contributed by atoms with Gasteiger partial charge in [0.15, 0.2) is 0 Å². The van der Waals surface area contributed by atoms with Crippen molar-refractivity contribution in [3.8, 4) is 33.4 Å². The molecule has 10 aliphatic carbocycles. The second kappa shape index (κ2) is 12.2. The van der Waals surface area contributed by atoms with E-state index in [1.165, 1.54) is 125 Å². The van der Waals surface area contributed by atoms with Crippen LogP contribution in [0, 0.1) is 47.3 Å². The van der Waals surface area contributed by atoms with Crippen LogP contribution in [0.1, 0.15) is 86.5 Å². The zero-order chi connectivity index (χ0) is 39.6. The van der Waals surface area contributed by atoms with Crippen molar-refractivity contribution in [2.24, 2.45) is 47.3 Å². The first kappa shape index (κ1) is 34.2. The van der Waals surface area contributed by atoms with Crippen molar-refractivity contribution in [3.05, 3.63) is 174 Å². The molecule has 7 aromatic rings. The zero-order valence-corrected chi connectivity index (χ0v) is 35.1. The van der Waals surface area contributed by atoms with E-state index < -0.39 is 0 Å². The lowest BCUT2D eigenvalue weighted by molar-refractivity contribution is -0.0399. The van der Waals surface area contributed by atoms with Crippen molar-refractivity contribution < 1.29 is 0 Å². The fraction of sp³-hybridized carbons (Fsp3) is 0.333. The maximum Gasteiger partial charge on any atom is 0.0468 e. The van der Waals surface area contributed by atoms with E-state index in [4.69, 9.17) is 0 Å². The average molecular weight is 788 g/mol. The number of rotatable bonds is 4. The van der Waals surface area contributed by atoms with Crippen LogP contribution in [0.2, 0.25) is 0 Å². The van der Waals surface area contributed by atoms with Gasteiger partial charge in [-0.3, -0.25) is 0 Å². The van der Waals surface area contributed by atoms with Gasteiger partial charge in [0.05, 0.1) is 0 Å². The molecule has 7 aromatic carbocycles. The van der Waals surface area contributed by atoms with E-state index in [1.807, 2.05) is 0 Å². The molecule has 0 aliphatic heterocycles. The van der Waals surface area contributed by atoms with Crippen LogP contribution in [-0.2, 0) is 10.8 Å². The quantitative estimate of drug-likeness (QED) is 0.172. The molecule has 8 bridgehead atoms. The third kappa shape index (κ3) is 4.43. The highest BCUT2D eigenvalue weighted by molar-refractivity contribution is 5.91. The Bertz CT molecular complexity index is 2910. The topological polar surface area (TPSA) is 3.24 Å². The van der Waals surface area contributed by atoms with Gasteiger partial charge in [0, 0.05) is 27.9 Å². The summed E-state index contributed by atoms with van der Waals surface area (Å²) in [6.07, 6.45) is 14.2. The van der Waals surface area contributed by atoms with Crippen LogP contribution < -0.4 is 4.90 Å². The van der Waals surface area contributed by atoms with E-state index in [-0.39, 0.29) is 10.8 Å². The molecule has 0 amide bonds. The first-order valence-electron chi connectivity index (χ1n) is 24.0. The summed E-state index contributed by atoms with van der Waals surface area (Å²) in [5, 5.41) is 2.58. The highest BCUT2D eigenvalue weighted by Gasteiger charge is 2.63. The number of hydrogen-bond donors (Lipinski definition) is 0. The lowest BCUT2D eigenvalue weighted by Crippen LogP contribution is -2.55. The Labute approximate surface area is 360 Å². The highest BCUT2D eigenvalue weighted by Crippen LogP contribution is 2.71. The van der Waals surface area contributed by atoms with E-state index in [0.29, 0.717) is 0 Å². The van der Waals surface area contributed by atoms with E-state index in [0.717, 1.165) is 47.3 Å². The molecule has 298 valence electrons. The van der Waals surface area contributed by atoms with Gasteiger partial charge in [0.25, 0.3) is 0 Å². The number of anilines is 3. The molecular formula is C60H53N. The molecule has 0 atom stereocenters. The summed E-state index contributed by atoms with van der Waals surface area (Å²) in [5.74, 6) is 6.77. The molecule has 17 rings (SSSR count). The molecule has 0 N–H and O–H groups in total. The summed E-state index contributed by atoms with van der Waals surface area (Å²) < 4.78 is 0. The van der Waals surface area contributed by atoms with Crippen LogP contribution in [0.5, 0.6) is 0 Å². The van der Waals surface area contributed by atoms with Gasteiger partial charge in [0.1, 0.15) is 0 Å². The van der Waals surface area contributed by atoms with Crippen molar-refractivity contribution in [1.82, 2.24) is 0 Å². The molecular weight excluding hydrogens is 735 g/mol. The van der Waals surface area contributed by atoms with Crippen molar-refractivity contribution in [1.29, 1.82) is 0 Å². The summed E-state index contributed by atoms with van der Waals surface area (Å²) in [5.41, 5.74) is 19.2. The van der Waals surface area contributed by atoms with Crippen molar-refractivity contribution in [2.45, 2.75) is 75.0 Å². The van der Waals surface area contributed by atoms with E-state index >= 15 is 0 Å². The smallest absolute Gasteiger partial charge is 0.0468 e. The number of nitrogens with zero attached hydrogens (tertiary/aromatic N) is 1. The minimum Gasteiger partial charge on any atom is -0.310 e. The molecule has 0 saturated heterocycles. The molecule has 8 fully saturated rings. The van der Waals surface area contributed by atoms with Crippen LogP contribution in [0.3, 0.4) is 0 Å². The Morgan fingerprint density at radius 2 is 0.770 bits per heavy atom. The average Bonchev–Trinajstić information content (AvgIpc) is 3.75. The van der Waals surface area contributed by atoms with Crippen molar-refractivity contribution in [3.63, 3.8) is 0 Å². The van der Waals surface area contributed by atoms with Gasteiger partial charge in [-0.05, 0) is 220 Å². The first-order chi connectivity index (χ1) is 30.1. The predicted molar refractivity (Wildman–Crippen MR) is 251 cm³/mol. The fourth-order valence-corrected chi connectivity index (χ4v) is 17.2. The normalized spacial score (nSPS) is 32.4. The summed E-state index contributed by atoms with van der Waals surface area (Å²) >= 11 is 0. The van der Waals surface area contributed by atoms with Crippen molar-refractivity contribution in [2.75, 3.05) is 4.90 Å². The Morgan fingerprint density at radius 1 is 0.311 bits per heavy atom. The van der Waals surface area contributed by atoms with Gasteiger partial charge in [0.2, 0.25) is 0 Å². The monoisotopic (exact) mass is 787 g/mol. The third-order valence-electron chi connectivity index (χ3n) is 18.8. The van der Waals surface area contributed by atoms with Gasteiger partial charge in [-0.15, -0.1) is 0 Å². The number of hydrogen-bond acceptors (Lipinski definition) is 1. The Kier molecular flexibility index (Phi) is 6.82. The predicted octanol–water partition coefficient (Wildman–Crippen LogP) is 15.4. The van der Waals surface area contributed by atoms with Crippen LogP contribution in [0.25, 0.3) is 44.2 Å². The number of benzene rings is 7. The molecule has 8 saturated carbocycles. The second-order valence-corrected chi connectivity index (χ2v) is 21.3. The fourth-order valence-electron chi connectivity index (χ4n) is 17.2. The molecule has 0 aromatic heterocycles. The van der Waals surface area contributed by atoms with Crippen LogP contribution in [-0.4, -0.2) is 0 Å². The Balaban J connectivity index is 0.915. The van der Waals surface area contributed by atoms with Crippen LogP contribution in [0.4, 0.5) is 17.1 Å². The lowest BCUT2D eigenvalue weighted by Gasteiger charge is -2.61. The molecule has 0 heterocycles. The molecule has 1 nitrogen and oxygen atoms in total. The third-order valence-corrected chi connectivity index (χ3v) is 18.8.